The molecule has 0 amide bonds. The molecule has 4 rings (SSSR count). The molecule has 140 valence electrons. The van der Waals surface area contributed by atoms with E-state index < -0.39 is 5.97 Å². The highest BCUT2D eigenvalue weighted by Gasteiger charge is 2.28. The predicted octanol–water partition coefficient (Wildman–Crippen LogP) is 2.24. The maximum absolute atomic E-state index is 11.3. The third-order valence-corrected chi connectivity index (χ3v) is 4.67. The largest absolute Gasteiger partial charge is 0.496 e. The van der Waals surface area contributed by atoms with Crippen LogP contribution in [0, 0.1) is 0 Å². The van der Waals surface area contributed by atoms with Gasteiger partial charge in [0.05, 0.1) is 12.8 Å². The molecule has 0 spiro atoms. The van der Waals surface area contributed by atoms with Gasteiger partial charge in [-0.05, 0) is 25.0 Å². The summed E-state index contributed by atoms with van der Waals surface area (Å²) in [4.78, 5) is 15.9. The number of carboxylic acid groups (broad SMARTS) is 1. The Bertz CT molecular complexity index is 987. The van der Waals surface area contributed by atoms with E-state index in [1.807, 2.05) is 37.4 Å². The minimum atomic E-state index is -0.963. The fourth-order valence-corrected chi connectivity index (χ4v) is 3.19. The molecule has 0 radical (unpaired) electrons. The van der Waals surface area contributed by atoms with Crippen molar-refractivity contribution in [3.63, 3.8) is 0 Å². The lowest BCUT2D eigenvalue weighted by molar-refractivity contribution is -0.137. The second-order valence-corrected chi connectivity index (χ2v) is 6.74. The number of hydrogen-bond acceptors (Lipinski definition) is 5. The van der Waals surface area contributed by atoms with Gasteiger partial charge < -0.3 is 9.84 Å². The number of hydrogen-bond donors (Lipinski definition) is 1. The van der Waals surface area contributed by atoms with Crippen molar-refractivity contribution in [3.05, 3.63) is 47.4 Å². The zero-order chi connectivity index (χ0) is 19.0. The number of nitrogens with zero attached hydrogens (tertiary/aromatic N) is 5. The number of ether oxygens (including phenoxy) is 1. The van der Waals surface area contributed by atoms with Crippen LogP contribution in [0.1, 0.15) is 35.8 Å². The van der Waals surface area contributed by atoms with E-state index in [2.05, 4.69) is 15.2 Å². The van der Waals surface area contributed by atoms with Crippen LogP contribution >= 0.6 is 0 Å². The number of benzene rings is 1. The molecule has 1 aliphatic rings. The van der Waals surface area contributed by atoms with Crippen LogP contribution in [-0.4, -0.2) is 42.7 Å². The molecule has 2 heterocycles. The summed E-state index contributed by atoms with van der Waals surface area (Å²) in [7, 11) is 3.47. The second-order valence-electron chi connectivity index (χ2n) is 6.74. The van der Waals surface area contributed by atoms with Crippen molar-refractivity contribution in [2.45, 2.75) is 31.7 Å². The molecule has 0 atom stereocenters. The summed E-state index contributed by atoms with van der Waals surface area (Å²) >= 11 is 0. The maximum atomic E-state index is 11.3. The predicted molar refractivity (Wildman–Crippen MR) is 97.6 cm³/mol. The van der Waals surface area contributed by atoms with Gasteiger partial charge in [0.15, 0.2) is 11.6 Å². The average molecular weight is 367 g/mol. The van der Waals surface area contributed by atoms with Crippen LogP contribution in [0.25, 0.3) is 11.5 Å². The van der Waals surface area contributed by atoms with Crippen LogP contribution in [0.2, 0.25) is 0 Å². The Kier molecular flexibility index (Phi) is 4.39. The van der Waals surface area contributed by atoms with Crippen molar-refractivity contribution in [2.75, 3.05) is 7.11 Å². The van der Waals surface area contributed by atoms with Crippen molar-refractivity contribution < 1.29 is 14.6 Å². The Morgan fingerprint density at radius 2 is 2.07 bits per heavy atom. The van der Waals surface area contributed by atoms with E-state index in [4.69, 9.17) is 4.74 Å². The zero-order valence-electron chi connectivity index (χ0n) is 15.3. The highest BCUT2D eigenvalue weighted by molar-refractivity contribution is 5.67. The van der Waals surface area contributed by atoms with Gasteiger partial charge in [-0.15, -0.1) is 0 Å². The van der Waals surface area contributed by atoms with E-state index >= 15 is 0 Å². The first-order valence-electron chi connectivity index (χ1n) is 8.87. The second kappa shape index (κ2) is 6.86. The van der Waals surface area contributed by atoms with Crippen molar-refractivity contribution in [1.29, 1.82) is 0 Å². The molecule has 1 aliphatic carbocycles. The van der Waals surface area contributed by atoms with E-state index in [1.165, 1.54) is 4.68 Å². The molecule has 0 saturated heterocycles. The Hall–Kier alpha value is -3.16. The van der Waals surface area contributed by atoms with E-state index in [9.17, 15) is 9.90 Å². The lowest BCUT2D eigenvalue weighted by atomic mass is 10.1. The molecule has 1 saturated carbocycles. The Balaban J connectivity index is 1.71. The van der Waals surface area contributed by atoms with Crippen molar-refractivity contribution >= 4 is 5.97 Å². The fraction of sp³-hybridized carbons (Fsp3) is 0.368. The zero-order valence-corrected chi connectivity index (χ0v) is 15.3. The molecule has 2 aromatic heterocycles. The van der Waals surface area contributed by atoms with Gasteiger partial charge in [-0.1, -0.05) is 18.2 Å². The van der Waals surface area contributed by atoms with E-state index in [1.54, 1.807) is 11.8 Å². The van der Waals surface area contributed by atoms with Gasteiger partial charge in [0.2, 0.25) is 0 Å². The standard InChI is InChI=1S/C19H21N5O3/c1-23-15(10-14(21-23)12-7-8-12)19-20-17(22-24(19)11-18(25)26)9-13-5-3-4-6-16(13)27-2/h3-6,10,12H,7-9,11H2,1-2H3,(H,25,26). The molecule has 27 heavy (non-hydrogen) atoms. The third-order valence-electron chi connectivity index (χ3n) is 4.67. The van der Waals surface area contributed by atoms with E-state index in [0.29, 0.717) is 24.0 Å². The van der Waals surface area contributed by atoms with Crippen molar-refractivity contribution in [1.82, 2.24) is 24.5 Å². The van der Waals surface area contributed by atoms with E-state index in [-0.39, 0.29) is 6.54 Å². The lowest BCUT2D eigenvalue weighted by Crippen LogP contribution is -2.12. The number of methoxy groups -OCH3 is 1. The number of para-hydroxylation sites is 1. The van der Waals surface area contributed by atoms with Gasteiger partial charge >= 0.3 is 5.97 Å². The third kappa shape index (κ3) is 3.55. The van der Waals surface area contributed by atoms with E-state index in [0.717, 1.165) is 35.5 Å². The highest BCUT2D eigenvalue weighted by atomic mass is 16.5. The first-order valence-corrected chi connectivity index (χ1v) is 8.87. The minimum absolute atomic E-state index is 0.252. The molecule has 1 aromatic carbocycles. The molecule has 0 bridgehead atoms. The molecule has 8 heteroatoms. The van der Waals surface area contributed by atoms with Crippen LogP contribution in [-0.2, 0) is 24.8 Å². The summed E-state index contributed by atoms with van der Waals surface area (Å²) in [5.74, 6) is 1.36. The fourth-order valence-electron chi connectivity index (χ4n) is 3.19. The average Bonchev–Trinajstić information content (AvgIpc) is 3.32. The summed E-state index contributed by atoms with van der Waals surface area (Å²) in [6.07, 6.45) is 2.76. The minimum Gasteiger partial charge on any atom is -0.496 e. The van der Waals surface area contributed by atoms with Crippen LogP contribution < -0.4 is 4.74 Å². The lowest BCUT2D eigenvalue weighted by Gasteiger charge is -2.05. The topological polar surface area (TPSA) is 95.1 Å². The monoisotopic (exact) mass is 367 g/mol. The summed E-state index contributed by atoms with van der Waals surface area (Å²) in [5, 5.41) is 18.3. The highest BCUT2D eigenvalue weighted by Crippen LogP contribution is 2.40. The molecular formula is C19H21N5O3. The first-order chi connectivity index (χ1) is 13.0. The van der Waals surface area contributed by atoms with Gasteiger partial charge in [0.1, 0.15) is 18.0 Å². The Morgan fingerprint density at radius 1 is 1.30 bits per heavy atom. The van der Waals surface area contributed by atoms with Crippen molar-refractivity contribution in [2.24, 2.45) is 7.05 Å². The summed E-state index contributed by atoms with van der Waals surface area (Å²) in [6, 6.07) is 9.65. The number of carbonyl (C=O) groups is 1. The number of aromatic nitrogens is 5. The van der Waals surface area contributed by atoms with Crippen LogP contribution in [0.5, 0.6) is 5.75 Å². The van der Waals surface area contributed by atoms with Crippen LogP contribution in [0.3, 0.4) is 0 Å². The number of aliphatic carboxylic acids is 1. The summed E-state index contributed by atoms with van der Waals surface area (Å²) in [5.41, 5.74) is 2.75. The van der Waals surface area contributed by atoms with Crippen LogP contribution in [0.4, 0.5) is 0 Å². The molecule has 0 unspecified atom stereocenters. The van der Waals surface area contributed by atoms with Gasteiger partial charge in [-0.3, -0.25) is 9.48 Å². The number of aryl methyl sites for hydroxylation is 1. The number of carboxylic acids is 1. The molecule has 1 N–H and O–H groups in total. The summed E-state index contributed by atoms with van der Waals surface area (Å²) < 4.78 is 8.57. The van der Waals surface area contributed by atoms with Gasteiger partial charge in [-0.2, -0.15) is 10.2 Å². The SMILES string of the molecule is COc1ccccc1Cc1nc(-c2cc(C3CC3)nn2C)n(CC(=O)O)n1. The first kappa shape index (κ1) is 17.3. The van der Waals surface area contributed by atoms with Crippen molar-refractivity contribution in [3.8, 4) is 17.3 Å². The van der Waals surface area contributed by atoms with Gasteiger partial charge in [-0.25, -0.2) is 9.67 Å². The van der Waals surface area contributed by atoms with Crippen LogP contribution in [0.15, 0.2) is 30.3 Å². The molecule has 3 aromatic rings. The Morgan fingerprint density at radius 3 is 2.78 bits per heavy atom. The molecule has 1 fully saturated rings. The maximum Gasteiger partial charge on any atom is 0.325 e. The van der Waals surface area contributed by atoms with Gasteiger partial charge in [0, 0.05) is 24.9 Å². The molecule has 8 nitrogen and oxygen atoms in total. The number of rotatable bonds is 7. The normalized spacial score (nSPS) is 13.7. The quantitative estimate of drug-likeness (QED) is 0.688. The molecule has 0 aliphatic heterocycles. The smallest absolute Gasteiger partial charge is 0.325 e. The Labute approximate surface area is 156 Å². The van der Waals surface area contributed by atoms with Gasteiger partial charge in [0.25, 0.3) is 0 Å². The molecular weight excluding hydrogens is 346 g/mol. The summed E-state index contributed by atoms with van der Waals surface area (Å²) in [6.45, 7) is -0.252.